The van der Waals surface area contributed by atoms with E-state index in [1.165, 1.54) is 6.33 Å². The summed E-state index contributed by atoms with van der Waals surface area (Å²) in [6.45, 7) is 11.5. The number of nitrogens with zero attached hydrogens (tertiary/aromatic N) is 5. The summed E-state index contributed by atoms with van der Waals surface area (Å²) in [4.78, 5) is 17.6. The van der Waals surface area contributed by atoms with E-state index in [-0.39, 0.29) is 5.54 Å². The fourth-order valence-corrected chi connectivity index (χ4v) is 3.50. The van der Waals surface area contributed by atoms with Gasteiger partial charge in [-0.2, -0.15) is 0 Å². The van der Waals surface area contributed by atoms with Gasteiger partial charge in [0.1, 0.15) is 24.3 Å². The number of aromatic nitrogens is 4. The highest BCUT2D eigenvalue weighted by Gasteiger charge is 2.34. The summed E-state index contributed by atoms with van der Waals surface area (Å²) < 4.78 is 8.01. The Morgan fingerprint density at radius 2 is 1.95 bits per heavy atom. The predicted molar refractivity (Wildman–Crippen MR) is 79.8 cm³/mol. The molecule has 7 heteroatoms. The number of aliphatic imine (C=N–C) groups is 1. The van der Waals surface area contributed by atoms with Gasteiger partial charge < -0.3 is 8.97 Å². The van der Waals surface area contributed by atoms with Gasteiger partial charge in [0.2, 0.25) is 5.90 Å². The van der Waals surface area contributed by atoms with Crippen molar-refractivity contribution in [3.8, 4) is 11.5 Å². The molecule has 0 aromatic heterocycles. The minimum Gasteiger partial charge on any atom is -0.474 e. The maximum atomic E-state index is 5.82. The Hall–Kier alpha value is -1.76. The Labute approximate surface area is 119 Å². The highest BCUT2D eigenvalue weighted by atomic mass is 28.3. The summed E-state index contributed by atoms with van der Waals surface area (Å²) in [5, 5.41) is 0. The molecule has 0 atom stereocenters. The number of ether oxygens (including phenoxy) is 1. The predicted octanol–water partition coefficient (Wildman–Crippen LogP) is 2.02. The third-order valence-electron chi connectivity index (χ3n) is 3.23. The fraction of sp³-hybridized carbons (Fsp3) is 0.538. The SMILES string of the molecule is CC1(C)COC(c2c3ncnc-3ncn2[Si](C)(C)C)=N1. The number of hydrogen-bond acceptors (Lipinski definition) is 5. The number of rotatable bonds is 2. The quantitative estimate of drug-likeness (QED) is 0.793. The lowest BCUT2D eigenvalue weighted by molar-refractivity contribution is 0.278. The fourth-order valence-electron chi connectivity index (χ4n) is 2.22. The van der Waals surface area contributed by atoms with Crippen molar-refractivity contribution >= 4 is 14.1 Å². The highest BCUT2D eigenvalue weighted by Crippen LogP contribution is 2.28. The molecule has 0 saturated heterocycles. The summed E-state index contributed by atoms with van der Waals surface area (Å²) in [6.07, 6.45) is 3.38. The molecule has 0 saturated carbocycles. The second kappa shape index (κ2) is 4.11. The standard InChI is InChI=1S/C13H19N5OSi/c1-13(2)6-19-12(17-13)10-9-11(15-7-14-9)16-8-18(10)20(3,4)5/h7-8H,6H2,1-5H3. The largest absolute Gasteiger partial charge is 0.474 e. The van der Waals surface area contributed by atoms with Crippen LogP contribution in [0.25, 0.3) is 11.5 Å². The molecule has 20 heavy (non-hydrogen) atoms. The van der Waals surface area contributed by atoms with E-state index in [9.17, 15) is 0 Å². The van der Waals surface area contributed by atoms with Crippen LogP contribution in [0.1, 0.15) is 19.5 Å². The molecule has 3 aliphatic rings. The van der Waals surface area contributed by atoms with Gasteiger partial charge in [0.25, 0.3) is 0 Å². The van der Waals surface area contributed by atoms with Crippen LogP contribution in [-0.2, 0) is 4.74 Å². The first-order valence-electron chi connectivity index (χ1n) is 6.69. The summed E-state index contributed by atoms with van der Waals surface area (Å²) in [7, 11) is -1.66. The molecule has 3 aliphatic heterocycles. The molecule has 0 aromatic carbocycles. The summed E-state index contributed by atoms with van der Waals surface area (Å²) in [6, 6.07) is 0. The van der Waals surface area contributed by atoms with Crippen LogP contribution in [0, 0.1) is 0 Å². The molecule has 0 unspecified atom stereocenters. The number of imidazole rings is 1. The van der Waals surface area contributed by atoms with Crippen LogP contribution in [0.5, 0.6) is 0 Å². The highest BCUT2D eigenvalue weighted by molar-refractivity contribution is 6.74. The number of hydrogen-bond donors (Lipinski definition) is 0. The van der Waals surface area contributed by atoms with Crippen LogP contribution >= 0.6 is 0 Å². The molecule has 0 fully saturated rings. The third kappa shape index (κ3) is 2.11. The van der Waals surface area contributed by atoms with Gasteiger partial charge in [-0.15, -0.1) is 0 Å². The van der Waals surface area contributed by atoms with E-state index in [2.05, 4.69) is 52.7 Å². The van der Waals surface area contributed by atoms with E-state index in [1.54, 1.807) is 0 Å². The van der Waals surface area contributed by atoms with Crippen LogP contribution < -0.4 is 0 Å². The minimum absolute atomic E-state index is 0.192. The molecule has 106 valence electrons. The first-order valence-corrected chi connectivity index (χ1v) is 10.1. The lowest BCUT2D eigenvalue weighted by atomic mass is 10.1. The van der Waals surface area contributed by atoms with Crippen molar-refractivity contribution in [1.29, 1.82) is 0 Å². The van der Waals surface area contributed by atoms with Gasteiger partial charge in [-0.05, 0) is 13.8 Å². The first-order chi connectivity index (χ1) is 9.28. The molecule has 3 heterocycles. The van der Waals surface area contributed by atoms with E-state index in [1.807, 2.05) is 6.33 Å². The molecule has 0 spiro atoms. The minimum atomic E-state index is -1.66. The molecule has 0 amide bonds. The first kappa shape index (κ1) is 13.2. The van der Waals surface area contributed by atoms with Crippen LogP contribution in [0.2, 0.25) is 19.6 Å². The monoisotopic (exact) mass is 289 g/mol. The third-order valence-corrected chi connectivity index (χ3v) is 5.02. The summed E-state index contributed by atoms with van der Waals surface area (Å²) in [5.41, 5.74) is 1.49. The van der Waals surface area contributed by atoms with Crippen molar-refractivity contribution in [3.05, 3.63) is 18.3 Å². The van der Waals surface area contributed by atoms with Crippen molar-refractivity contribution < 1.29 is 4.74 Å². The topological polar surface area (TPSA) is 65.2 Å². The molecule has 0 radical (unpaired) electrons. The molecule has 0 N–H and O–H groups in total. The van der Waals surface area contributed by atoms with Gasteiger partial charge in [0, 0.05) is 0 Å². The van der Waals surface area contributed by atoms with Crippen molar-refractivity contribution in [1.82, 2.24) is 19.2 Å². The van der Waals surface area contributed by atoms with Crippen molar-refractivity contribution in [2.45, 2.75) is 39.0 Å². The van der Waals surface area contributed by atoms with Gasteiger partial charge in [-0.25, -0.2) is 19.9 Å². The normalized spacial score (nSPS) is 18.1. The molecule has 0 aromatic rings. The van der Waals surface area contributed by atoms with Crippen molar-refractivity contribution in [2.75, 3.05) is 6.61 Å². The van der Waals surface area contributed by atoms with Gasteiger partial charge in [0.05, 0.1) is 11.9 Å². The molecule has 6 nitrogen and oxygen atoms in total. The van der Waals surface area contributed by atoms with Crippen molar-refractivity contribution in [2.24, 2.45) is 4.99 Å². The molecule has 0 aliphatic carbocycles. The number of fused-ring (bicyclic) bond motifs is 1. The van der Waals surface area contributed by atoms with E-state index in [0.717, 1.165) is 11.4 Å². The molecular weight excluding hydrogens is 270 g/mol. The molecule has 3 rings (SSSR count). The zero-order chi connectivity index (χ0) is 14.5. The second-order valence-corrected chi connectivity index (χ2v) is 11.5. The average molecular weight is 289 g/mol. The lowest BCUT2D eigenvalue weighted by Crippen LogP contribution is -2.36. The summed E-state index contributed by atoms with van der Waals surface area (Å²) in [5.74, 6) is 1.30. The van der Waals surface area contributed by atoms with Gasteiger partial charge in [-0.1, -0.05) is 19.6 Å². The lowest BCUT2D eigenvalue weighted by Gasteiger charge is -2.25. The zero-order valence-electron chi connectivity index (χ0n) is 12.5. The van der Waals surface area contributed by atoms with E-state index in [4.69, 9.17) is 9.73 Å². The maximum absolute atomic E-state index is 5.82. The molecule has 0 bridgehead atoms. The van der Waals surface area contributed by atoms with Gasteiger partial charge in [0.15, 0.2) is 14.1 Å². The Morgan fingerprint density at radius 1 is 1.20 bits per heavy atom. The smallest absolute Gasteiger partial charge is 0.235 e. The van der Waals surface area contributed by atoms with E-state index >= 15 is 0 Å². The Kier molecular flexibility index (Phi) is 2.72. The second-order valence-electron chi connectivity index (χ2n) is 6.70. The Bertz CT molecular complexity index is 655. The Balaban J connectivity index is 2.26. The van der Waals surface area contributed by atoms with Crippen molar-refractivity contribution in [3.63, 3.8) is 0 Å². The molecular formula is C13H19N5OSi. The van der Waals surface area contributed by atoms with E-state index < -0.39 is 8.24 Å². The van der Waals surface area contributed by atoms with Crippen LogP contribution in [0.3, 0.4) is 0 Å². The maximum Gasteiger partial charge on any atom is 0.235 e. The van der Waals surface area contributed by atoms with E-state index in [0.29, 0.717) is 18.3 Å². The van der Waals surface area contributed by atoms with Crippen LogP contribution in [-0.4, -0.2) is 45.5 Å². The van der Waals surface area contributed by atoms with Crippen LogP contribution in [0.15, 0.2) is 17.6 Å². The average Bonchev–Trinajstić information content (AvgIpc) is 2.92. The van der Waals surface area contributed by atoms with Gasteiger partial charge >= 0.3 is 0 Å². The zero-order valence-corrected chi connectivity index (χ0v) is 13.5. The Morgan fingerprint density at radius 3 is 2.55 bits per heavy atom. The summed E-state index contributed by atoms with van der Waals surface area (Å²) >= 11 is 0. The van der Waals surface area contributed by atoms with Gasteiger partial charge in [-0.3, -0.25) is 0 Å². The van der Waals surface area contributed by atoms with Crippen LogP contribution in [0.4, 0.5) is 0 Å².